The molecule has 0 unspecified atom stereocenters. The molecule has 4 aromatic rings. The molecule has 0 saturated carbocycles. The Morgan fingerprint density at radius 2 is 1.90 bits per heavy atom. The van der Waals surface area contributed by atoms with Gasteiger partial charge in [-0.25, -0.2) is 4.98 Å². The van der Waals surface area contributed by atoms with Gasteiger partial charge in [0.1, 0.15) is 12.0 Å². The van der Waals surface area contributed by atoms with Crippen molar-refractivity contribution in [2.75, 3.05) is 5.32 Å². The summed E-state index contributed by atoms with van der Waals surface area (Å²) in [6.45, 7) is 3.76. The Bertz CT molecular complexity index is 1220. The summed E-state index contributed by atoms with van der Waals surface area (Å²) in [5.74, 6) is -0.1000. The van der Waals surface area contributed by atoms with Crippen LogP contribution in [0.3, 0.4) is 0 Å². The molecule has 0 radical (unpaired) electrons. The lowest BCUT2D eigenvalue weighted by atomic mass is 10.0. The minimum atomic E-state index is -0.357. The first-order chi connectivity index (χ1) is 14.4. The van der Waals surface area contributed by atoms with Crippen molar-refractivity contribution in [1.82, 2.24) is 9.97 Å². The van der Waals surface area contributed by atoms with E-state index in [1.54, 1.807) is 30.5 Å². The van der Waals surface area contributed by atoms with Crippen molar-refractivity contribution in [2.24, 2.45) is 0 Å². The first kappa shape index (κ1) is 19.7. The predicted octanol–water partition coefficient (Wildman–Crippen LogP) is 5.42. The van der Waals surface area contributed by atoms with Gasteiger partial charge in [0.15, 0.2) is 5.78 Å². The number of amides is 1. The monoisotopic (exact) mass is 419 g/mol. The van der Waals surface area contributed by atoms with Crippen LogP contribution < -0.4 is 5.32 Å². The third kappa shape index (κ3) is 4.04. The fourth-order valence-electron chi connectivity index (χ4n) is 3.14. The number of halogens is 1. The number of H-pyrrole nitrogens is 1. The van der Waals surface area contributed by atoms with E-state index in [-0.39, 0.29) is 17.4 Å². The molecule has 2 heterocycles. The lowest BCUT2D eigenvalue weighted by Crippen LogP contribution is -2.13. The number of ketones is 1. The molecule has 0 saturated heterocycles. The summed E-state index contributed by atoms with van der Waals surface area (Å²) < 4.78 is 5.32. The predicted molar refractivity (Wildman–Crippen MR) is 115 cm³/mol. The molecule has 0 aliphatic heterocycles. The van der Waals surface area contributed by atoms with Crippen molar-refractivity contribution in [2.45, 2.75) is 13.8 Å². The van der Waals surface area contributed by atoms with E-state index >= 15 is 0 Å². The van der Waals surface area contributed by atoms with Crippen LogP contribution in [0.25, 0.3) is 11.5 Å². The number of aromatic nitrogens is 2. The van der Waals surface area contributed by atoms with Crippen molar-refractivity contribution in [1.29, 1.82) is 0 Å². The summed E-state index contributed by atoms with van der Waals surface area (Å²) in [7, 11) is 0. The topological polar surface area (TPSA) is 88.0 Å². The van der Waals surface area contributed by atoms with E-state index in [1.807, 2.05) is 26.0 Å². The van der Waals surface area contributed by atoms with Gasteiger partial charge in [-0.15, -0.1) is 0 Å². The Labute approximate surface area is 177 Å². The number of aromatic amines is 1. The van der Waals surface area contributed by atoms with Crippen LogP contribution in [0.1, 0.15) is 37.5 Å². The quantitative estimate of drug-likeness (QED) is 0.422. The van der Waals surface area contributed by atoms with E-state index in [4.69, 9.17) is 16.0 Å². The summed E-state index contributed by atoms with van der Waals surface area (Å²) in [5, 5.41) is 3.36. The average Bonchev–Trinajstić information content (AvgIpc) is 3.40. The molecule has 0 atom stereocenters. The van der Waals surface area contributed by atoms with Crippen molar-refractivity contribution in [3.8, 4) is 11.5 Å². The van der Waals surface area contributed by atoms with Crippen LogP contribution in [0, 0.1) is 13.8 Å². The normalized spacial score (nSPS) is 10.8. The van der Waals surface area contributed by atoms with Gasteiger partial charge in [-0.2, -0.15) is 0 Å². The fourth-order valence-corrected chi connectivity index (χ4v) is 3.43. The average molecular weight is 420 g/mol. The first-order valence-corrected chi connectivity index (χ1v) is 9.60. The highest BCUT2D eigenvalue weighted by molar-refractivity contribution is 6.31. The number of aryl methyl sites for hydroxylation is 2. The molecule has 6 nitrogen and oxygen atoms in total. The first-order valence-electron chi connectivity index (χ1n) is 9.23. The maximum absolute atomic E-state index is 12.7. The minimum absolute atomic E-state index is 0.210. The molecule has 30 heavy (non-hydrogen) atoms. The molecule has 2 N–H and O–H groups in total. The second-order valence-corrected chi connectivity index (χ2v) is 7.41. The molecular weight excluding hydrogens is 402 g/mol. The molecule has 2 aromatic heterocycles. The Kier molecular flexibility index (Phi) is 5.25. The Morgan fingerprint density at radius 1 is 1.07 bits per heavy atom. The van der Waals surface area contributed by atoms with Crippen molar-refractivity contribution >= 4 is 29.0 Å². The molecule has 7 heteroatoms. The van der Waals surface area contributed by atoms with Gasteiger partial charge < -0.3 is 14.7 Å². The minimum Gasteiger partial charge on any atom is -0.445 e. The Balaban J connectivity index is 1.55. The highest BCUT2D eigenvalue weighted by atomic mass is 35.5. The molecule has 4 rings (SSSR count). The van der Waals surface area contributed by atoms with E-state index in [0.717, 1.165) is 16.7 Å². The van der Waals surface area contributed by atoms with Gasteiger partial charge in [0, 0.05) is 33.6 Å². The Hall–Kier alpha value is -3.64. The number of nitrogens with one attached hydrogen (secondary N) is 2. The molecule has 0 spiro atoms. The number of carbonyl (C=O) groups is 2. The van der Waals surface area contributed by atoms with Crippen LogP contribution in [0.5, 0.6) is 0 Å². The van der Waals surface area contributed by atoms with Crippen molar-refractivity contribution in [3.63, 3.8) is 0 Å². The molecule has 0 fully saturated rings. The lowest BCUT2D eigenvalue weighted by molar-refractivity contribution is 0.102. The highest BCUT2D eigenvalue weighted by Crippen LogP contribution is 2.25. The highest BCUT2D eigenvalue weighted by Gasteiger charge is 2.16. The number of hydrogen-bond acceptors (Lipinski definition) is 4. The summed E-state index contributed by atoms with van der Waals surface area (Å²) in [6, 6.07) is 12.2. The largest absolute Gasteiger partial charge is 0.445 e. The number of hydrogen-bond donors (Lipinski definition) is 2. The molecular formula is C23H18ClN3O3. The number of carbonyl (C=O) groups excluding carboxylic acids is 2. The van der Waals surface area contributed by atoms with Gasteiger partial charge in [-0.05, 0) is 61.4 Å². The third-order valence-corrected chi connectivity index (χ3v) is 4.88. The van der Waals surface area contributed by atoms with Crippen LogP contribution in [-0.2, 0) is 0 Å². The zero-order valence-electron chi connectivity index (χ0n) is 16.3. The summed E-state index contributed by atoms with van der Waals surface area (Å²) in [4.78, 5) is 32.5. The van der Waals surface area contributed by atoms with Gasteiger partial charge in [-0.1, -0.05) is 17.7 Å². The van der Waals surface area contributed by atoms with Crippen LogP contribution in [0.2, 0.25) is 5.02 Å². The Morgan fingerprint density at radius 3 is 2.63 bits per heavy atom. The van der Waals surface area contributed by atoms with Crippen LogP contribution in [-0.4, -0.2) is 21.7 Å². The number of rotatable bonds is 5. The molecule has 0 aliphatic carbocycles. The van der Waals surface area contributed by atoms with E-state index < -0.39 is 0 Å². The van der Waals surface area contributed by atoms with E-state index in [1.165, 1.54) is 18.5 Å². The third-order valence-electron chi connectivity index (χ3n) is 4.66. The molecule has 1 amide bonds. The maximum atomic E-state index is 12.7. The summed E-state index contributed by atoms with van der Waals surface area (Å²) in [5.41, 5.74) is 4.28. The summed E-state index contributed by atoms with van der Waals surface area (Å²) >= 11 is 6.06. The molecule has 0 bridgehead atoms. The fraction of sp³-hybridized carbons (Fsp3) is 0.0870. The van der Waals surface area contributed by atoms with Crippen LogP contribution >= 0.6 is 11.6 Å². The van der Waals surface area contributed by atoms with E-state index in [9.17, 15) is 9.59 Å². The lowest BCUT2D eigenvalue weighted by Gasteiger charge is -2.09. The smallest absolute Gasteiger partial charge is 0.272 e. The number of nitrogens with zero attached hydrogens (tertiary/aromatic N) is 1. The van der Waals surface area contributed by atoms with Gasteiger partial charge in [0.2, 0.25) is 5.89 Å². The van der Waals surface area contributed by atoms with Crippen molar-refractivity contribution < 1.29 is 14.0 Å². The molecule has 150 valence electrons. The zero-order valence-corrected chi connectivity index (χ0v) is 17.1. The van der Waals surface area contributed by atoms with E-state index in [0.29, 0.717) is 27.7 Å². The second-order valence-electron chi connectivity index (χ2n) is 6.97. The van der Waals surface area contributed by atoms with Crippen LogP contribution in [0.15, 0.2) is 65.5 Å². The van der Waals surface area contributed by atoms with Gasteiger partial charge in [0.25, 0.3) is 5.91 Å². The van der Waals surface area contributed by atoms with E-state index in [2.05, 4.69) is 15.3 Å². The molecule has 2 aromatic carbocycles. The van der Waals surface area contributed by atoms with Crippen LogP contribution in [0.4, 0.5) is 5.69 Å². The number of benzene rings is 2. The van der Waals surface area contributed by atoms with Gasteiger partial charge in [0.05, 0.1) is 6.20 Å². The number of anilines is 1. The molecule has 0 aliphatic rings. The SMILES string of the molecule is Cc1cc(Cl)cc(C(=O)c2c[nH]c(C(=O)Nc3cc(-c4ncco4)ccc3C)c2)c1. The van der Waals surface area contributed by atoms with Crippen molar-refractivity contribution in [3.05, 3.63) is 94.1 Å². The van der Waals surface area contributed by atoms with Gasteiger partial charge in [-0.3, -0.25) is 9.59 Å². The maximum Gasteiger partial charge on any atom is 0.272 e. The standard InChI is InChI=1S/C23H18ClN3O3/c1-13-7-16(9-18(24)8-13)21(28)17-11-20(26-12-17)22(29)27-19-10-15(4-3-14(19)2)23-25-5-6-30-23/h3-12,26H,1-2H3,(H,27,29). The summed E-state index contributed by atoms with van der Waals surface area (Å²) in [6.07, 6.45) is 4.57. The number of oxazole rings is 1. The zero-order chi connectivity index (χ0) is 21.3. The van der Waals surface area contributed by atoms with Gasteiger partial charge >= 0.3 is 0 Å². The second kappa shape index (κ2) is 8.00.